The minimum atomic E-state index is -4.35. The number of halogens is 3. The Hall–Kier alpha value is -1.03. The molecule has 1 saturated carbocycles. The van der Waals surface area contributed by atoms with Crippen molar-refractivity contribution in [2.75, 3.05) is 0 Å². The lowest BCUT2D eigenvalue weighted by Crippen LogP contribution is -2.30. The van der Waals surface area contributed by atoms with E-state index in [0.717, 1.165) is 31.4 Å². The molecule has 18 heavy (non-hydrogen) atoms. The Bertz CT molecular complexity index is 427. The summed E-state index contributed by atoms with van der Waals surface area (Å²) in [5.74, 6) is 0.0565. The van der Waals surface area contributed by atoms with Crippen LogP contribution in [0, 0.1) is 5.92 Å². The zero-order chi connectivity index (χ0) is 13.4. The number of benzene rings is 1. The van der Waals surface area contributed by atoms with Crippen LogP contribution in [0.4, 0.5) is 13.2 Å². The van der Waals surface area contributed by atoms with Gasteiger partial charge in [-0.15, -0.1) is 0 Å². The summed E-state index contributed by atoms with van der Waals surface area (Å²) in [4.78, 5) is 0. The molecule has 2 unspecified atom stereocenters. The van der Waals surface area contributed by atoms with Crippen LogP contribution in [0.1, 0.15) is 43.7 Å². The third-order valence-corrected chi connectivity index (χ3v) is 3.97. The molecule has 1 N–H and O–H groups in total. The van der Waals surface area contributed by atoms with Gasteiger partial charge in [-0.2, -0.15) is 13.2 Å². The molecule has 2 atom stereocenters. The molecule has 1 aliphatic carbocycles. The van der Waals surface area contributed by atoms with Crippen LogP contribution >= 0.6 is 0 Å². The Labute approximate surface area is 105 Å². The fourth-order valence-electron chi connectivity index (χ4n) is 2.95. The van der Waals surface area contributed by atoms with E-state index in [-0.39, 0.29) is 5.92 Å². The summed E-state index contributed by atoms with van der Waals surface area (Å²) in [6.07, 6.45) is -1.28. The molecule has 0 heterocycles. The molecular weight excluding hydrogens is 241 g/mol. The molecule has 0 bridgehead atoms. The quantitative estimate of drug-likeness (QED) is 0.846. The van der Waals surface area contributed by atoms with E-state index in [0.29, 0.717) is 12.0 Å². The van der Waals surface area contributed by atoms with Crippen molar-refractivity contribution < 1.29 is 18.3 Å². The summed E-state index contributed by atoms with van der Waals surface area (Å²) in [5.41, 5.74) is -1.37. The minimum absolute atomic E-state index is 0.0565. The number of hydrogen-bond acceptors (Lipinski definition) is 1. The average molecular weight is 258 g/mol. The molecule has 0 radical (unpaired) electrons. The number of aliphatic hydroxyl groups is 1. The third kappa shape index (κ3) is 2.26. The molecule has 1 fully saturated rings. The van der Waals surface area contributed by atoms with E-state index in [1.54, 1.807) is 6.07 Å². The van der Waals surface area contributed by atoms with Crippen molar-refractivity contribution in [2.24, 2.45) is 5.92 Å². The lowest BCUT2D eigenvalue weighted by atomic mass is 9.82. The summed E-state index contributed by atoms with van der Waals surface area (Å²) >= 11 is 0. The summed E-state index contributed by atoms with van der Waals surface area (Å²) in [6.45, 7) is 1.97. The highest BCUT2D eigenvalue weighted by atomic mass is 19.4. The first-order valence-corrected chi connectivity index (χ1v) is 6.28. The maximum absolute atomic E-state index is 12.7. The molecule has 0 aliphatic heterocycles. The van der Waals surface area contributed by atoms with Gasteiger partial charge in [-0.3, -0.25) is 0 Å². The van der Waals surface area contributed by atoms with Gasteiger partial charge in [-0.05, 0) is 42.9 Å². The van der Waals surface area contributed by atoms with Crippen LogP contribution in [0.3, 0.4) is 0 Å². The number of rotatable bonds is 2. The molecule has 0 amide bonds. The molecule has 1 aromatic rings. The van der Waals surface area contributed by atoms with E-state index in [1.807, 2.05) is 6.92 Å². The van der Waals surface area contributed by atoms with Crippen LogP contribution in [0.25, 0.3) is 0 Å². The van der Waals surface area contributed by atoms with E-state index < -0.39 is 17.3 Å². The first kappa shape index (κ1) is 13.4. The molecular formula is C14H17F3O. The molecule has 2 rings (SSSR count). The van der Waals surface area contributed by atoms with E-state index >= 15 is 0 Å². The Morgan fingerprint density at radius 1 is 1.39 bits per heavy atom. The second-order valence-corrected chi connectivity index (χ2v) is 5.00. The van der Waals surface area contributed by atoms with Gasteiger partial charge in [0.25, 0.3) is 0 Å². The van der Waals surface area contributed by atoms with Gasteiger partial charge in [0.05, 0.1) is 11.2 Å². The van der Waals surface area contributed by atoms with Gasteiger partial charge in [-0.1, -0.05) is 25.5 Å². The van der Waals surface area contributed by atoms with Crippen LogP contribution in [-0.2, 0) is 11.8 Å². The molecule has 0 aromatic heterocycles. The van der Waals surface area contributed by atoms with Crippen molar-refractivity contribution in [3.63, 3.8) is 0 Å². The van der Waals surface area contributed by atoms with Crippen molar-refractivity contribution in [2.45, 2.75) is 44.4 Å². The van der Waals surface area contributed by atoms with Gasteiger partial charge in [0.15, 0.2) is 0 Å². The van der Waals surface area contributed by atoms with Crippen LogP contribution in [0.5, 0.6) is 0 Å². The fraction of sp³-hybridized carbons (Fsp3) is 0.571. The van der Waals surface area contributed by atoms with Crippen molar-refractivity contribution in [1.29, 1.82) is 0 Å². The van der Waals surface area contributed by atoms with E-state index in [4.69, 9.17) is 0 Å². The first-order chi connectivity index (χ1) is 8.38. The Kier molecular flexibility index (Phi) is 3.41. The monoisotopic (exact) mass is 258 g/mol. The van der Waals surface area contributed by atoms with E-state index in [1.165, 1.54) is 6.07 Å². The predicted molar refractivity (Wildman–Crippen MR) is 63.0 cm³/mol. The van der Waals surface area contributed by atoms with Gasteiger partial charge < -0.3 is 5.11 Å². The van der Waals surface area contributed by atoms with Gasteiger partial charge in [0.2, 0.25) is 0 Å². The Morgan fingerprint density at radius 2 is 2.11 bits per heavy atom. The number of alkyl halides is 3. The largest absolute Gasteiger partial charge is 0.416 e. The molecule has 1 aromatic carbocycles. The van der Waals surface area contributed by atoms with Crippen LogP contribution in [0.15, 0.2) is 24.3 Å². The van der Waals surface area contributed by atoms with Crippen molar-refractivity contribution >= 4 is 0 Å². The van der Waals surface area contributed by atoms with Crippen molar-refractivity contribution in [3.8, 4) is 0 Å². The summed E-state index contributed by atoms with van der Waals surface area (Å²) in [7, 11) is 0. The highest BCUT2D eigenvalue weighted by Crippen LogP contribution is 2.46. The van der Waals surface area contributed by atoms with E-state index in [9.17, 15) is 18.3 Å². The smallest absolute Gasteiger partial charge is 0.385 e. The zero-order valence-corrected chi connectivity index (χ0v) is 10.3. The predicted octanol–water partition coefficient (Wildman–Crippen LogP) is 4.10. The van der Waals surface area contributed by atoms with Crippen molar-refractivity contribution in [3.05, 3.63) is 35.4 Å². The lowest BCUT2D eigenvalue weighted by molar-refractivity contribution is -0.137. The summed E-state index contributed by atoms with van der Waals surface area (Å²) in [6, 6.07) is 5.11. The third-order valence-electron chi connectivity index (χ3n) is 3.97. The molecule has 100 valence electrons. The van der Waals surface area contributed by atoms with Crippen LogP contribution in [0.2, 0.25) is 0 Å². The summed E-state index contributed by atoms with van der Waals surface area (Å²) in [5, 5.41) is 10.6. The van der Waals surface area contributed by atoms with Crippen molar-refractivity contribution in [1.82, 2.24) is 0 Å². The minimum Gasteiger partial charge on any atom is -0.385 e. The van der Waals surface area contributed by atoms with Gasteiger partial charge >= 0.3 is 6.18 Å². The molecule has 1 nitrogen and oxygen atoms in total. The lowest BCUT2D eigenvalue weighted by Gasteiger charge is -2.30. The Balaban J connectivity index is 2.39. The average Bonchev–Trinajstić information content (AvgIpc) is 2.71. The topological polar surface area (TPSA) is 20.2 Å². The molecule has 0 saturated heterocycles. The number of hydrogen-bond donors (Lipinski definition) is 1. The normalized spacial score (nSPS) is 28.6. The first-order valence-electron chi connectivity index (χ1n) is 6.28. The highest BCUT2D eigenvalue weighted by Gasteiger charge is 2.42. The van der Waals surface area contributed by atoms with Gasteiger partial charge in [0.1, 0.15) is 0 Å². The standard InChI is InChI=1S/C14H17F3O/c1-2-10-7-4-8-13(10,18)11-5-3-6-12(9-11)14(15,16)17/h3,5-6,9-10,18H,2,4,7-8H2,1H3. The maximum atomic E-state index is 12.7. The fourth-order valence-corrected chi connectivity index (χ4v) is 2.95. The second-order valence-electron chi connectivity index (χ2n) is 5.00. The second kappa shape index (κ2) is 4.57. The van der Waals surface area contributed by atoms with Crippen LogP contribution < -0.4 is 0 Å². The molecule has 1 aliphatic rings. The van der Waals surface area contributed by atoms with E-state index in [2.05, 4.69) is 0 Å². The van der Waals surface area contributed by atoms with Gasteiger partial charge in [0, 0.05) is 0 Å². The van der Waals surface area contributed by atoms with Crippen LogP contribution in [-0.4, -0.2) is 5.11 Å². The van der Waals surface area contributed by atoms with Gasteiger partial charge in [-0.25, -0.2) is 0 Å². The zero-order valence-electron chi connectivity index (χ0n) is 10.3. The SMILES string of the molecule is CCC1CCCC1(O)c1cccc(C(F)(F)F)c1. The Morgan fingerprint density at radius 3 is 2.72 bits per heavy atom. The summed E-state index contributed by atoms with van der Waals surface area (Å²) < 4.78 is 38.0. The maximum Gasteiger partial charge on any atom is 0.416 e. The highest BCUT2D eigenvalue weighted by molar-refractivity contribution is 5.31. The molecule has 4 heteroatoms. The molecule has 0 spiro atoms.